The fourth-order valence-corrected chi connectivity index (χ4v) is 3.44. The Bertz CT molecular complexity index is 345. The highest BCUT2D eigenvalue weighted by Crippen LogP contribution is 2.44. The highest BCUT2D eigenvalue weighted by atomic mass is 16.4. The quantitative estimate of drug-likeness (QED) is 0.802. The summed E-state index contributed by atoms with van der Waals surface area (Å²) in [5.41, 5.74) is 0. The molecule has 0 aromatic heterocycles. The molecule has 0 aromatic rings. The Balaban J connectivity index is 1.89. The number of carbonyl (C=O) groups is 2. The molecule has 2 aliphatic carbocycles. The van der Waals surface area contributed by atoms with E-state index in [2.05, 4.69) is 5.32 Å². The average molecular weight is 254 g/mol. The van der Waals surface area contributed by atoms with Gasteiger partial charge in [0.2, 0.25) is 0 Å². The molecule has 2 bridgehead atoms. The second kappa shape index (κ2) is 5.16. The van der Waals surface area contributed by atoms with E-state index in [1.165, 1.54) is 24.2 Å². The number of amides is 2. The molecule has 5 heteroatoms. The van der Waals surface area contributed by atoms with E-state index in [4.69, 9.17) is 5.11 Å². The first-order valence-corrected chi connectivity index (χ1v) is 6.79. The Morgan fingerprint density at radius 3 is 2.56 bits per heavy atom. The molecule has 2 rings (SSSR count). The number of nitrogens with one attached hydrogen (secondary N) is 1. The van der Waals surface area contributed by atoms with Gasteiger partial charge in [0.1, 0.15) is 6.04 Å². The Labute approximate surface area is 108 Å². The molecule has 2 aliphatic rings. The van der Waals surface area contributed by atoms with Crippen molar-refractivity contribution in [2.45, 2.75) is 51.1 Å². The number of likely N-dealkylation sites (N-methyl/N-ethyl adjacent to an activating group) is 1. The molecule has 0 heterocycles. The summed E-state index contributed by atoms with van der Waals surface area (Å²) in [5.74, 6) is 0.437. The van der Waals surface area contributed by atoms with E-state index < -0.39 is 12.0 Å². The zero-order valence-electron chi connectivity index (χ0n) is 11.1. The summed E-state index contributed by atoms with van der Waals surface area (Å²) >= 11 is 0. The third kappa shape index (κ3) is 2.44. The van der Waals surface area contributed by atoms with E-state index >= 15 is 0 Å². The predicted octanol–water partition coefficient (Wildman–Crippen LogP) is 1.68. The van der Waals surface area contributed by atoms with Crippen LogP contribution >= 0.6 is 0 Å². The van der Waals surface area contributed by atoms with E-state index in [1.807, 2.05) is 0 Å². The number of hydrogen-bond donors (Lipinski definition) is 2. The third-order valence-electron chi connectivity index (χ3n) is 4.51. The summed E-state index contributed by atoms with van der Waals surface area (Å²) in [5, 5.41) is 12.0. The zero-order valence-corrected chi connectivity index (χ0v) is 11.1. The highest BCUT2D eigenvalue weighted by Gasteiger charge is 2.40. The summed E-state index contributed by atoms with van der Waals surface area (Å²) < 4.78 is 0. The van der Waals surface area contributed by atoms with E-state index in [-0.39, 0.29) is 12.1 Å². The number of carboxylic acid groups (broad SMARTS) is 1. The number of fused-ring (bicyclic) bond motifs is 2. The maximum atomic E-state index is 12.0. The van der Waals surface area contributed by atoms with Gasteiger partial charge in [0.15, 0.2) is 0 Å². The fraction of sp³-hybridized carbons (Fsp3) is 0.846. The van der Waals surface area contributed by atoms with E-state index in [0.29, 0.717) is 12.3 Å². The van der Waals surface area contributed by atoms with E-state index in [0.717, 1.165) is 12.3 Å². The van der Waals surface area contributed by atoms with Gasteiger partial charge in [-0.25, -0.2) is 9.59 Å². The summed E-state index contributed by atoms with van der Waals surface area (Å²) in [6.45, 7) is 1.78. The molecule has 2 fully saturated rings. The van der Waals surface area contributed by atoms with Crippen LogP contribution in [-0.4, -0.2) is 41.1 Å². The lowest BCUT2D eigenvalue weighted by Gasteiger charge is -2.29. The Morgan fingerprint density at radius 1 is 1.39 bits per heavy atom. The van der Waals surface area contributed by atoms with Gasteiger partial charge in [-0.15, -0.1) is 0 Å². The molecule has 0 radical (unpaired) electrons. The second-order valence-electron chi connectivity index (χ2n) is 5.60. The van der Waals surface area contributed by atoms with Crippen molar-refractivity contribution in [1.82, 2.24) is 10.2 Å². The van der Waals surface area contributed by atoms with Gasteiger partial charge in [-0.05, 0) is 37.5 Å². The third-order valence-corrected chi connectivity index (χ3v) is 4.51. The molecule has 102 valence electrons. The van der Waals surface area contributed by atoms with Crippen LogP contribution in [0.1, 0.15) is 39.0 Å². The van der Waals surface area contributed by atoms with Gasteiger partial charge < -0.3 is 15.3 Å². The molecule has 0 spiro atoms. The summed E-state index contributed by atoms with van der Waals surface area (Å²) in [6.07, 6.45) is 5.21. The van der Waals surface area contributed by atoms with Crippen molar-refractivity contribution in [2.24, 2.45) is 11.8 Å². The SMILES string of the molecule is CCC(C(=O)O)N(C)C(=O)NC1CC2CCC1C2. The molecular formula is C13H22N2O3. The number of urea groups is 1. The molecule has 4 unspecified atom stereocenters. The number of carbonyl (C=O) groups excluding carboxylic acids is 1. The normalized spacial score (nSPS) is 31.1. The van der Waals surface area contributed by atoms with Crippen LogP contribution in [0.15, 0.2) is 0 Å². The van der Waals surface area contributed by atoms with Crippen LogP contribution in [0.3, 0.4) is 0 Å². The van der Waals surface area contributed by atoms with E-state index in [1.54, 1.807) is 14.0 Å². The molecule has 5 nitrogen and oxygen atoms in total. The topological polar surface area (TPSA) is 69.6 Å². The molecule has 0 saturated heterocycles. The maximum Gasteiger partial charge on any atom is 0.326 e. The van der Waals surface area contributed by atoms with Crippen LogP contribution < -0.4 is 5.32 Å². The second-order valence-corrected chi connectivity index (χ2v) is 5.60. The minimum absolute atomic E-state index is 0.248. The number of nitrogens with zero attached hydrogens (tertiary/aromatic N) is 1. The largest absolute Gasteiger partial charge is 0.480 e. The smallest absolute Gasteiger partial charge is 0.326 e. The van der Waals surface area contributed by atoms with Crippen LogP contribution in [-0.2, 0) is 4.79 Å². The minimum Gasteiger partial charge on any atom is -0.480 e. The van der Waals surface area contributed by atoms with Crippen molar-refractivity contribution in [3.8, 4) is 0 Å². The van der Waals surface area contributed by atoms with Crippen LogP contribution in [0.5, 0.6) is 0 Å². The summed E-state index contributed by atoms with van der Waals surface area (Å²) in [7, 11) is 1.56. The van der Waals surface area contributed by atoms with Gasteiger partial charge in [0, 0.05) is 13.1 Å². The maximum absolute atomic E-state index is 12.0. The number of carboxylic acids is 1. The van der Waals surface area contributed by atoms with Gasteiger partial charge in [0.05, 0.1) is 0 Å². The van der Waals surface area contributed by atoms with Crippen LogP contribution in [0.2, 0.25) is 0 Å². The lowest BCUT2D eigenvalue weighted by atomic mass is 9.95. The highest BCUT2D eigenvalue weighted by molar-refractivity contribution is 5.82. The van der Waals surface area contributed by atoms with Gasteiger partial charge in [-0.2, -0.15) is 0 Å². The monoisotopic (exact) mass is 254 g/mol. The molecule has 0 aliphatic heterocycles. The molecular weight excluding hydrogens is 232 g/mol. The van der Waals surface area contributed by atoms with Crippen molar-refractivity contribution < 1.29 is 14.7 Å². The number of hydrogen-bond acceptors (Lipinski definition) is 2. The zero-order chi connectivity index (χ0) is 13.3. The molecule has 2 amide bonds. The van der Waals surface area contributed by atoms with Crippen LogP contribution in [0.25, 0.3) is 0 Å². The van der Waals surface area contributed by atoms with Gasteiger partial charge >= 0.3 is 12.0 Å². The molecule has 0 aromatic carbocycles. The van der Waals surface area contributed by atoms with Crippen molar-refractivity contribution in [1.29, 1.82) is 0 Å². The first kappa shape index (κ1) is 13.2. The summed E-state index contributed by atoms with van der Waals surface area (Å²) in [6, 6.07) is -0.726. The molecule has 18 heavy (non-hydrogen) atoms. The number of rotatable bonds is 4. The molecule has 2 N–H and O–H groups in total. The van der Waals surface area contributed by atoms with Crippen LogP contribution in [0.4, 0.5) is 4.79 Å². The molecule has 4 atom stereocenters. The fourth-order valence-electron chi connectivity index (χ4n) is 3.44. The van der Waals surface area contributed by atoms with Crippen molar-refractivity contribution in [2.75, 3.05) is 7.05 Å². The predicted molar refractivity (Wildman–Crippen MR) is 67.2 cm³/mol. The Morgan fingerprint density at radius 2 is 2.11 bits per heavy atom. The lowest BCUT2D eigenvalue weighted by molar-refractivity contribution is -0.141. The van der Waals surface area contributed by atoms with Gasteiger partial charge in [-0.1, -0.05) is 13.3 Å². The lowest BCUT2D eigenvalue weighted by Crippen LogP contribution is -2.50. The first-order valence-electron chi connectivity index (χ1n) is 6.79. The van der Waals surface area contributed by atoms with Gasteiger partial charge in [0.25, 0.3) is 0 Å². The van der Waals surface area contributed by atoms with Crippen LogP contribution in [0, 0.1) is 11.8 Å². The van der Waals surface area contributed by atoms with Crippen molar-refractivity contribution >= 4 is 12.0 Å². The van der Waals surface area contributed by atoms with E-state index in [9.17, 15) is 9.59 Å². The summed E-state index contributed by atoms with van der Waals surface area (Å²) in [4.78, 5) is 24.4. The number of aliphatic carboxylic acids is 1. The average Bonchev–Trinajstić information content (AvgIpc) is 2.91. The Hall–Kier alpha value is -1.26. The first-order chi connectivity index (χ1) is 8.52. The van der Waals surface area contributed by atoms with Gasteiger partial charge in [-0.3, -0.25) is 0 Å². The molecule has 2 saturated carbocycles. The van der Waals surface area contributed by atoms with Crippen molar-refractivity contribution in [3.05, 3.63) is 0 Å². The standard InChI is InChI=1S/C13H22N2O3/c1-3-11(12(16)17)15(2)13(18)14-10-7-8-4-5-9(10)6-8/h8-11H,3-7H2,1-2H3,(H,14,18)(H,16,17). The minimum atomic E-state index is -0.942. The van der Waals surface area contributed by atoms with Crippen molar-refractivity contribution in [3.63, 3.8) is 0 Å². The Kier molecular flexibility index (Phi) is 3.78.